The summed E-state index contributed by atoms with van der Waals surface area (Å²) in [6.07, 6.45) is 8.47. The van der Waals surface area contributed by atoms with E-state index in [1.54, 1.807) is 6.08 Å². The van der Waals surface area contributed by atoms with Crippen LogP contribution in [0.5, 0.6) is 0 Å². The van der Waals surface area contributed by atoms with Crippen molar-refractivity contribution < 1.29 is 14.6 Å². The Hall–Kier alpha value is -0.990. The van der Waals surface area contributed by atoms with Gasteiger partial charge in [-0.25, -0.2) is 4.79 Å². The molecule has 0 unspecified atom stereocenters. The van der Waals surface area contributed by atoms with E-state index in [4.69, 9.17) is 5.11 Å². The summed E-state index contributed by atoms with van der Waals surface area (Å²) in [5, 5.41) is 8.13. The lowest BCUT2D eigenvalue weighted by Crippen LogP contribution is -1.98. The maximum absolute atomic E-state index is 9.92. The summed E-state index contributed by atoms with van der Waals surface area (Å²) in [7, 11) is 0. The van der Waals surface area contributed by atoms with Crippen LogP contribution in [0, 0.1) is 0 Å². The van der Waals surface area contributed by atoms with Gasteiger partial charge < -0.3 is 9.84 Å². The first-order valence-electron chi connectivity index (χ1n) is 4.78. The summed E-state index contributed by atoms with van der Waals surface area (Å²) in [5.41, 5.74) is 0. The number of carbonyl (C=O) groups is 1. The van der Waals surface area contributed by atoms with Gasteiger partial charge in [-0.2, -0.15) is 0 Å². The topological polar surface area (TPSA) is 46.5 Å². The molecule has 0 spiro atoms. The van der Waals surface area contributed by atoms with E-state index in [-0.39, 0.29) is 6.61 Å². The third-order valence-corrected chi connectivity index (χ3v) is 1.69. The van der Waals surface area contributed by atoms with Gasteiger partial charge in [0.05, 0.1) is 0 Å². The fraction of sp³-hybridized carbons (Fsp3) is 0.700. The van der Waals surface area contributed by atoms with Gasteiger partial charge in [-0.1, -0.05) is 38.3 Å². The molecular formula is C10H18O3. The van der Waals surface area contributed by atoms with Gasteiger partial charge in [0.2, 0.25) is 0 Å². The Labute approximate surface area is 79.4 Å². The molecule has 0 heterocycles. The number of ether oxygens (including phenoxy) is 1. The predicted octanol–water partition coefficient (Wildman–Crippen LogP) is 3.21. The highest BCUT2D eigenvalue weighted by Crippen LogP contribution is 2.02. The molecule has 0 aromatic rings. The van der Waals surface area contributed by atoms with E-state index in [0.29, 0.717) is 0 Å². The van der Waals surface area contributed by atoms with Crippen LogP contribution in [0.4, 0.5) is 4.79 Å². The third-order valence-electron chi connectivity index (χ3n) is 1.69. The Balaban J connectivity index is 3.08. The van der Waals surface area contributed by atoms with Crippen molar-refractivity contribution in [2.75, 3.05) is 6.61 Å². The molecule has 0 atom stereocenters. The normalized spacial score (nSPS) is 10.5. The molecule has 3 nitrogen and oxygen atoms in total. The fourth-order valence-corrected chi connectivity index (χ4v) is 0.994. The minimum absolute atomic E-state index is 0.170. The molecule has 0 fully saturated rings. The van der Waals surface area contributed by atoms with Crippen LogP contribution in [0.3, 0.4) is 0 Å². The summed E-state index contributed by atoms with van der Waals surface area (Å²) in [5.74, 6) is 0. The average molecular weight is 186 g/mol. The zero-order valence-electron chi connectivity index (χ0n) is 8.16. The first kappa shape index (κ1) is 12.0. The van der Waals surface area contributed by atoms with E-state index >= 15 is 0 Å². The van der Waals surface area contributed by atoms with Crippen molar-refractivity contribution in [2.45, 2.75) is 39.0 Å². The monoisotopic (exact) mass is 186 g/mol. The van der Waals surface area contributed by atoms with Gasteiger partial charge in [0, 0.05) is 0 Å². The maximum atomic E-state index is 9.92. The molecular weight excluding hydrogens is 168 g/mol. The molecule has 76 valence electrons. The van der Waals surface area contributed by atoms with Crippen molar-refractivity contribution >= 4 is 6.16 Å². The molecule has 13 heavy (non-hydrogen) atoms. The predicted molar refractivity (Wildman–Crippen MR) is 51.9 cm³/mol. The Morgan fingerprint density at radius 2 is 2.08 bits per heavy atom. The summed E-state index contributed by atoms with van der Waals surface area (Å²) >= 11 is 0. The SMILES string of the molecule is CCCCCCC=CCOC(=O)O. The molecule has 0 bridgehead atoms. The van der Waals surface area contributed by atoms with Crippen molar-refractivity contribution in [3.05, 3.63) is 12.2 Å². The van der Waals surface area contributed by atoms with Crippen LogP contribution >= 0.6 is 0 Å². The van der Waals surface area contributed by atoms with Crippen molar-refractivity contribution in [3.8, 4) is 0 Å². The van der Waals surface area contributed by atoms with E-state index in [2.05, 4.69) is 11.7 Å². The van der Waals surface area contributed by atoms with Gasteiger partial charge in [-0.05, 0) is 12.8 Å². The maximum Gasteiger partial charge on any atom is 0.506 e. The molecule has 0 saturated heterocycles. The van der Waals surface area contributed by atoms with Crippen molar-refractivity contribution in [1.29, 1.82) is 0 Å². The minimum atomic E-state index is -1.21. The van der Waals surface area contributed by atoms with Crippen LogP contribution in [0.2, 0.25) is 0 Å². The molecule has 0 aliphatic carbocycles. The molecule has 3 heteroatoms. The standard InChI is InChI=1S/C10H18O3/c1-2-3-4-5-6-7-8-9-13-10(11)12/h7-8H,2-6,9H2,1H3,(H,11,12). The Morgan fingerprint density at radius 3 is 2.69 bits per heavy atom. The van der Waals surface area contributed by atoms with Gasteiger partial charge in [-0.3, -0.25) is 0 Å². The molecule has 1 N–H and O–H groups in total. The Morgan fingerprint density at radius 1 is 1.31 bits per heavy atom. The summed E-state index contributed by atoms with van der Waals surface area (Å²) < 4.78 is 4.30. The van der Waals surface area contributed by atoms with Crippen LogP contribution in [0.25, 0.3) is 0 Å². The van der Waals surface area contributed by atoms with Gasteiger partial charge in [0.25, 0.3) is 0 Å². The van der Waals surface area contributed by atoms with Gasteiger partial charge in [-0.15, -0.1) is 0 Å². The quantitative estimate of drug-likeness (QED) is 0.377. The lowest BCUT2D eigenvalue weighted by Gasteiger charge is -1.95. The second kappa shape index (κ2) is 9.10. The molecule has 0 rings (SSSR count). The second-order valence-electron chi connectivity index (χ2n) is 2.90. The Kier molecular flexibility index (Phi) is 8.41. The highest BCUT2D eigenvalue weighted by molar-refractivity contribution is 5.56. The van der Waals surface area contributed by atoms with E-state index in [9.17, 15) is 4.79 Å². The van der Waals surface area contributed by atoms with E-state index in [1.807, 2.05) is 6.08 Å². The van der Waals surface area contributed by atoms with Gasteiger partial charge in [0.15, 0.2) is 0 Å². The smallest absolute Gasteiger partial charge is 0.450 e. The number of rotatable bonds is 7. The number of hydrogen-bond acceptors (Lipinski definition) is 2. The van der Waals surface area contributed by atoms with E-state index in [1.165, 1.54) is 25.7 Å². The van der Waals surface area contributed by atoms with Crippen LogP contribution in [0.15, 0.2) is 12.2 Å². The van der Waals surface area contributed by atoms with Gasteiger partial charge in [0.1, 0.15) is 6.61 Å². The summed E-state index contributed by atoms with van der Waals surface area (Å²) in [6.45, 7) is 2.35. The zero-order chi connectivity index (χ0) is 9.94. The molecule has 0 radical (unpaired) electrons. The number of carboxylic acid groups (broad SMARTS) is 1. The zero-order valence-corrected chi connectivity index (χ0v) is 8.16. The highest BCUT2D eigenvalue weighted by Gasteiger charge is 1.90. The van der Waals surface area contributed by atoms with Crippen LogP contribution in [-0.4, -0.2) is 17.9 Å². The number of unbranched alkanes of at least 4 members (excludes halogenated alkanes) is 4. The number of allylic oxidation sites excluding steroid dienone is 1. The van der Waals surface area contributed by atoms with Crippen LogP contribution in [0.1, 0.15) is 39.0 Å². The third kappa shape index (κ3) is 11.0. The minimum Gasteiger partial charge on any atom is -0.450 e. The van der Waals surface area contributed by atoms with Crippen LogP contribution < -0.4 is 0 Å². The summed E-state index contributed by atoms with van der Waals surface area (Å²) in [6, 6.07) is 0. The molecule has 0 aromatic heterocycles. The first-order chi connectivity index (χ1) is 6.27. The van der Waals surface area contributed by atoms with Gasteiger partial charge >= 0.3 is 6.16 Å². The second-order valence-corrected chi connectivity index (χ2v) is 2.90. The first-order valence-corrected chi connectivity index (χ1v) is 4.78. The molecule has 0 saturated carbocycles. The number of hydrogen-bond donors (Lipinski definition) is 1. The molecule has 0 aromatic carbocycles. The van der Waals surface area contributed by atoms with Crippen LogP contribution in [-0.2, 0) is 4.74 Å². The average Bonchev–Trinajstić information content (AvgIpc) is 2.09. The van der Waals surface area contributed by atoms with Crippen molar-refractivity contribution in [3.63, 3.8) is 0 Å². The molecule has 0 aliphatic rings. The Bertz CT molecular complexity index is 152. The van der Waals surface area contributed by atoms with E-state index in [0.717, 1.165) is 6.42 Å². The molecule has 0 aliphatic heterocycles. The largest absolute Gasteiger partial charge is 0.506 e. The summed E-state index contributed by atoms with van der Waals surface area (Å²) in [4.78, 5) is 9.92. The van der Waals surface area contributed by atoms with E-state index < -0.39 is 6.16 Å². The lowest BCUT2D eigenvalue weighted by molar-refractivity contribution is 0.102. The fourth-order valence-electron chi connectivity index (χ4n) is 0.994. The molecule has 0 amide bonds. The lowest BCUT2D eigenvalue weighted by atomic mass is 10.1. The van der Waals surface area contributed by atoms with Crippen molar-refractivity contribution in [1.82, 2.24) is 0 Å². The highest BCUT2D eigenvalue weighted by atomic mass is 16.7. The van der Waals surface area contributed by atoms with Crippen molar-refractivity contribution in [2.24, 2.45) is 0 Å².